The van der Waals surface area contributed by atoms with E-state index >= 15 is 0 Å². The summed E-state index contributed by atoms with van der Waals surface area (Å²) in [4.78, 5) is 29.0. The van der Waals surface area contributed by atoms with Gasteiger partial charge in [-0.15, -0.1) is 0 Å². The molecule has 2 atom stereocenters. The van der Waals surface area contributed by atoms with Gasteiger partial charge in [0.05, 0.1) is 10.6 Å². The molecule has 2 amide bonds. The average Bonchev–Trinajstić information content (AvgIpc) is 2.93. The van der Waals surface area contributed by atoms with Gasteiger partial charge < -0.3 is 10.2 Å². The molecule has 0 saturated heterocycles. The molecule has 0 radical (unpaired) electrons. The number of hydrogen-bond acceptors (Lipinski definition) is 4. The van der Waals surface area contributed by atoms with Gasteiger partial charge in [-0.2, -0.15) is 0 Å². The number of benzene rings is 3. The molecule has 1 N–H and O–H groups in total. The van der Waals surface area contributed by atoms with Gasteiger partial charge in [0.2, 0.25) is 11.8 Å². The van der Waals surface area contributed by atoms with Crippen molar-refractivity contribution in [3.8, 4) is 0 Å². The monoisotopic (exact) mass is 583 g/mol. The summed E-state index contributed by atoms with van der Waals surface area (Å²) in [7, 11) is -4.13. The highest BCUT2D eigenvalue weighted by molar-refractivity contribution is 7.92. The van der Waals surface area contributed by atoms with Gasteiger partial charge in [0.1, 0.15) is 12.6 Å². The summed E-state index contributed by atoms with van der Waals surface area (Å²) in [5, 5.41) is 3.43. The van der Waals surface area contributed by atoms with E-state index in [1.807, 2.05) is 58.9 Å². The summed E-state index contributed by atoms with van der Waals surface area (Å²) >= 11 is 6.09. The predicted octanol–water partition coefficient (Wildman–Crippen LogP) is 5.87. The van der Waals surface area contributed by atoms with E-state index in [-0.39, 0.29) is 23.4 Å². The molecule has 0 aromatic heterocycles. The van der Waals surface area contributed by atoms with Crippen LogP contribution in [0.5, 0.6) is 0 Å². The molecule has 0 fully saturated rings. The number of carbonyl (C=O) groups is 2. The van der Waals surface area contributed by atoms with Crippen LogP contribution in [0.25, 0.3) is 0 Å². The normalized spacial score (nSPS) is 12.8. The molecular formula is C31H38ClN3O4S. The van der Waals surface area contributed by atoms with Gasteiger partial charge in [-0.1, -0.05) is 67.4 Å². The summed E-state index contributed by atoms with van der Waals surface area (Å²) in [6, 6.07) is 19.6. The van der Waals surface area contributed by atoms with E-state index in [2.05, 4.69) is 5.32 Å². The van der Waals surface area contributed by atoms with E-state index in [0.29, 0.717) is 17.1 Å². The zero-order chi connectivity index (χ0) is 29.4. The summed E-state index contributed by atoms with van der Waals surface area (Å²) < 4.78 is 28.9. The number of sulfonamides is 1. The first kappa shape index (κ1) is 31.2. The number of nitrogens with zero attached hydrogens (tertiary/aromatic N) is 2. The van der Waals surface area contributed by atoms with E-state index in [0.717, 1.165) is 27.4 Å². The topological polar surface area (TPSA) is 86.8 Å². The van der Waals surface area contributed by atoms with Crippen LogP contribution in [0, 0.1) is 13.8 Å². The van der Waals surface area contributed by atoms with Crippen molar-refractivity contribution in [3.05, 3.63) is 94.5 Å². The van der Waals surface area contributed by atoms with Crippen LogP contribution in [0.15, 0.2) is 77.7 Å². The van der Waals surface area contributed by atoms with Gasteiger partial charge in [0.25, 0.3) is 10.0 Å². The molecule has 214 valence electrons. The zero-order valence-corrected chi connectivity index (χ0v) is 25.3. The molecule has 0 aliphatic carbocycles. The first-order valence-electron chi connectivity index (χ1n) is 13.5. The summed E-state index contributed by atoms with van der Waals surface area (Å²) in [5.74, 6) is -0.752. The van der Waals surface area contributed by atoms with E-state index in [1.165, 1.54) is 17.0 Å². The molecule has 3 aromatic rings. The Morgan fingerprint density at radius 2 is 1.52 bits per heavy atom. The van der Waals surface area contributed by atoms with Gasteiger partial charge >= 0.3 is 0 Å². The van der Waals surface area contributed by atoms with Gasteiger partial charge in [0, 0.05) is 17.6 Å². The van der Waals surface area contributed by atoms with Crippen molar-refractivity contribution in [2.24, 2.45) is 0 Å². The standard InChI is InChI=1S/C31H38ClN3O4S/c1-6-24(5)33-31(37)29(7-2)34(20-25-11-9-8-10-23(25)4)30(36)21-35(27-16-14-26(32)15-17-27)40(38,39)28-18-12-22(3)13-19-28/h8-19,24,29H,6-7,20-21H2,1-5H3,(H,33,37)/t24-,29-/m0/s1. The molecule has 0 aliphatic rings. The van der Waals surface area contributed by atoms with E-state index in [4.69, 9.17) is 11.6 Å². The fraction of sp³-hybridized carbons (Fsp3) is 0.355. The number of nitrogens with one attached hydrogen (secondary N) is 1. The van der Waals surface area contributed by atoms with Gasteiger partial charge in [-0.25, -0.2) is 8.42 Å². The number of aryl methyl sites for hydroxylation is 2. The van der Waals surface area contributed by atoms with Crippen LogP contribution >= 0.6 is 11.6 Å². The molecule has 7 nitrogen and oxygen atoms in total. The largest absolute Gasteiger partial charge is 0.352 e. The molecule has 0 saturated carbocycles. The fourth-order valence-corrected chi connectivity index (χ4v) is 5.85. The molecule has 9 heteroatoms. The van der Waals surface area contributed by atoms with E-state index in [1.54, 1.807) is 36.4 Å². The first-order chi connectivity index (χ1) is 19.0. The molecule has 0 spiro atoms. The van der Waals surface area contributed by atoms with E-state index < -0.39 is 28.5 Å². The second-order valence-corrected chi connectivity index (χ2v) is 12.3. The molecule has 3 aromatic carbocycles. The Hall–Kier alpha value is -3.36. The lowest BCUT2D eigenvalue weighted by Gasteiger charge is -2.34. The second-order valence-electron chi connectivity index (χ2n) is 9.99. The van der Waals surface area contributed by atoms with Crippen LogP contribution in [-0.2, 0) is 26.2 Å². The van der Waals surface area contributed by atoms with Crippen molar-refractivity contribution in [2.75, 3.05) is 10.8 Å². The van der Waals surface area contributed by atoms with Crippen LogP contribution in [-0.4, -0.2) is 43.8 Å². The van der Waals surface area contributed by atoms with Crippen LogP contribution in [0.2, 0.25) is 5.02 Å². The quantitative estimate of drug-likeness (QED) is 0.289. The number of carbonyl (C=O) groups excluding carboxylic acids is 2. The van der Waals surface area contributed by atoms with Crippen molar-refractivity contribution in [1.82, 2.24) is 10.2 Å². The van der Waals surface area contributed by atoms with E-state index in [9.17, 15) is 18.0 Å². The minimum Gasteiger partial charge on any atom is -0.352 e. The van der Waals surface area contributed by atoms with Gasteiger partial charge in [-0.05, 0) is 81.1 Å². The third-order valence-corrected chi connectivity index (χ3v) is 9.03. The number of amides is 2. The van der Waals surface area contributed by atoms with Crippen molar-refractivity contribution < 1.29 is 18.0 Å². The number of rotatable bonds is 12. The summed E-state index contributed by atoms with van der Waals surface area (Å²) in [6.07, 6.45) is 1.11. The highest BCUT2D eigenvalue weighted by Crippen LogP contribution is 2.26. The van der Waals surface area contributed by atoms with Crippen LogP contribution in [0.1, 0.15) is 50.3 Å². The first-order valence-corrected chi connectivity index (χ1v) is 15.3. The number of halogens is 1. The Bertz CT molecular complexity index is 1410. The Labute approximate surface area is 243 Å². The Morgan fingerprint density at radius 3 is 2.10 bits per heavy atom. The maximum Gasteiger partial charge on any atom is 0.264 e. The molecule has 0 aliphatic heterocycles. The molecule has 40 heavy (non-hydrogen) atoms. The predicted molar refractivity (Wildman–Crippen MR) is 161 cm³/mol. The lowest BCUT2D eigenvalue weighted by atomic mass is 10.1. The Balaban J connectivity index is 2.06. The van der Waals surface area contributed by atoms with Crippen LogP contribution in [0.4, 0.5) is 5.69 Å². The van der Waals surface area contributed by atoms with Crippen molar-refractivity contribution in [1.29, 1.82) is 0 Å². The third kappa shape index (κ3) is 7.64. The molecule has 0 heterocycles. The second kappa shape index (κ2) is 13.8. The zero-order valence-electron chi connectivity index (χ0n) is 23.7. The van der Waals surface area contributed by atoms with Gasteiger partial charge in [-0.3, -0.25) is 13.9 Å². The van der Waals surface area contributed by atoms with Crippen molar-refractivity contribution >= 4 is 39.1 Å². The third-order valence-electron chi connectivity index (χ3n) is 6.99. The van der Waals surface area contributed by atoms with Crippen molar-refractivity contribution in [3.63, 3.8) is 0 Å². The Kier molecular flexibility index (Phi) is 10.8. The van der Waals surface area contributed by atoms with Gasteiger partial charge in [0.15, 0.2) is 0 Å². The summed E-state index contributed by atoms with van der Waals surface area (Å²) in [5.41, 5.74) is 3.06. The molecular weight excluding hydrogens is 546 g/mol. The number of anilines is 1. The minimum atomic E-state index is -4.13. The molecule has 3 rings (SSSR count). The van der Waals surface area contributed by atoms with Crippen LogP contribution in [0.3, 0.4) is 0 Å². The highest BCUT2D eigenvalue weighted by Gasteiger charge is 2.34. The van der Waals surface area contributed by atoms with Crippen molar-refractivity contribution in [2.45, 2.75) is 71.0 Å². The lowest BCUT2D eigenvalue weighted by molar-refractivity contribution is -0.140. The summed E-state index contributed by atoms with van der Waals surface area (Å²) in [6.45, 7) is 9.22. The SMILES string of the molecule is CC[C@H](C)NC(=O)[C@H](CC)N(Cc1ccccc1C)C(=O)CN(c1ccc(Cl)cc1)S(=O)(=O)c1ccc(C)cc1. The fourth-order valence-electron chi connectivity index (χ4n) is 4.31. The Morgan fingerprint density at radius 1 is 0.900 bits per heavy atom. The average molecular weight is 584 g/mol. The number of hydrogen-bond donors (Lipinski definition) is 1. The lowest BCUT2D eigenvalue weighted by Crippen LogP contribution is -2.53. The highest BCUT2D eigenvalue weighted by atomic mass is 35.5. The maximum atomic E-state index is 14.1. The van der Waals surface area contributed by atoms with Crippen LogP contribution < -0.4 is 9.62 Å². The minimum absolute atomic E-state index is 0.0628. The smallest absolute Gasteiger partial charge is 0.264 e. The molecule has 0 unspecified atom stereocenters. The molecule has 0 bridgehead atoms. The maximum absolute atomic E-state index is 14.1.